The molecule has 0 spiro atoms. The molecule has 0 bridgehead atoms. The van der Waals surface area contributed by atoms with Gasteiger partial charge < -0.3 is 10.3 Å². The minimum Gasteiger partial charge on any atom is -0.350 e. The van der Waals surface area contributed by atoms with Crippen LogP contribution < -0.4 is 5.73 Å². The van der Waals surface area contributed by atoms with Crippen LogP contribution in [-0.4, -0.2) is 16.4 Å². The number of Topliss-reactive ketones (excluding diaryl/α,β-unsaturated/α-hetero) is 1. The molecule has 0 aliphatic carbocycles. The SMILES string of the molecule is CC(N)CCC(=O)c1cn(C)c2ccccc12. The zero-order valence-electron chi connectivity index (χ0n) is 10.3. The maximum atomic E-state index is 12.1. The van der Waals surface area contributed by atoms with Gasteiger partial charge in [0.1, 0.15) is 0 Å². The third-order valence-electron chi connectivity index (χ3n) is 3.02. The number of ketones is 1. The van der Waals surface area contributed by atoms with Crippen molar-refractivity contribution in [1.82, 2.24) is 4.57 Å². The predicted octanol–water partition coefficient (Wildman–Crippen LogP) is 2.49. The number of fused-ring (bicyclic) bond motifs is 1. The number of nitrogens with zero attached hydrogens (tertiary/aromatic N) is 1. The Bertz CT molecular complexity index is 540. The average molecular weight is 230 g/mol. The summed E-state index contributed by atoms with van der Waals surface area (Å²) in [4.78, 5) is 12.1. The van der Waals surface area contributed by atoms with E-state index in [0.717, 1.165) is 22.9 Å². The Balaban J connectivity index is 2.32. The molecule has 1 atom stereocenters. The Hall–Kier alpha value is -1.61. The molecule has 0 amide bonds. The van der Waals surface area contributed by atoms with Crippen molar-refractivity contribution in [3.05, 3.63) is 36.0 Å². The van der Waals surface area contributed by atoms with Crippen molar-refractivity contribution in [2.24, 2.45) is 12.8 Å². The second kappa shape index (κ2) is 4.72. The molecule has 0 aliphatic heterocycles. The molecule has 0 saturated carbocycles. The Morgan fingerprint density at radius 1 is 1.41 bits per heavy atom. The first-order valence-corrected chi connectivity index (χ1v) is 5.92. The second-order valence-electron chi connectivity index (χ2n) is 4.61. The van der Waals surface area contributed by atoms with Crippen molar-refractivity contribution < 1.29 is 4.79 Å². The third kappa shape index (κ3) is 2.39. The van der Waals surface area contributed by atoms with Gasteiger partial charge >= 0.3 is 0 Å². The number of para-hydroxylation sites is 1. The Morgan fingerprint density at radius 2 is 2.12 bits per heavy atom. The fourth-order valence-corrected chi connectivity index (χ4v) is 2.06. The Morgan fingerprint density at radius 3 is 2.82 bits per heavy atom. The third-order valence-corrected chi connectivity index (χ3v) is 3.02. The number of aromatic nitrogens is 1. The van der Waals surface area contributed by atoms with Crippen LogP contribution in [0.15, 0.2) is 30.5 Å². The molecular weight excluding hydrogens is 212 g/mol. The van der Waals surface area contributed by atoms with Crippen LogP contribution in [0.4, 0.5) is 0 Å². The van der Waals surface area contributed by atoms with Gasteiger partial charge in [0.15, 0.2) is 5.78 Å². The predicted molar refractivity (Wildman–Crippen MR) is 70.1 cm³/mol. The topological polar surface area (TPSA) is 48.0 Å². The lowest BCUT2D eigenvalue weighted by molar-refractivity contribution is 0.0979. The van der Waals surface area contributed by atoms with E-state index in [1.54, 1.807) is 0 Å². The molecule has 1 unspecified atom stereocenters. The van der Waals surface area contributed by atoms with Gasteiger partial charge in [-0.25, -0.2) is 0 Å². The smallest absolute Gasteiger partial charge is 0.165 e. The van der Waals surface area contributed by atoms with E-state index in [0.29, 0.717) is 6.42 Å². The lowest BCUT2D eigenvalue weighted by Crippen LogP contribution is -2.16. The minimum absolute atomic E-state index is 0.0777. The van der Waals surface area contributed by atoms with Gasteiger partial charge in [0, 0.05) is 42.2 Å². The van der Waals surface area contributed by atoms with Crippen LogP contribution in [0.1, 0.15) is 30.1 Å². The van der Waals surface area contributed by atoms with Crippen LogP contribution in [0.3, 0.4) is 0 Å². The quantitative estimate of drug-likeness (QED) is 0.820. The molecule has 2 N–H and O–H groups in total. The Labute approximate surface area is 101 Å². The van der Waals surface area contributed by atoms with Crippen molar-refractivity contribution in [1.29, 1.82) is 0 Å². The molecule has 3 nitrogen and oxygen atoms in total. The minimum atomic E-state index is 0.0777. The van der Waals surface area contributed by atoms with Crippen molar-refractivity contribution in [2.45, 2.75) is 25.8 Å². The summed E-state index contributed by atoms with van der Waals surface area (Å²) in [6.07, 6.45) is 3.17. The molecular formula is C14H18N2O. The molecule has 17 heavy (non-hydrogen) atoms. The van der Waals surface area contributed by atoms with Gasteiger partial charge in [-0.1, -0.05) is 18.2 Å². The highest BCUT2D eigenvalue weighted by molar-refractivity contribution is 6.08. The van der Waals surface area contributed by atoms with Crippen LogP contribution >= 0.6 is 0 Å². The molecule has 90 valence electrons. The van der Waals surface area contributed by atoms with Crippen LogP contribution in [-0.2, 0) is 7.05 Å². The fourth-order valence-electron chi connectivity index (χ4n) is 2.06. The number of rotatable bonds is 4. The van der Waals surface area contributed by atoms with Gasteiger partial charge in [-0.2, -0.15) is 0 Å². The molecule has 2 rings (SSSR count). The molecule has 0 fully saturated rings. The van der Waals surface area contributed by atoms with Crippen molar-refractivity contribution in [3.63, 3.8) is 0 Å². The first-order chi connectivity index (χ1) is 8.09. The highest BCUT2D eigenvalue weighted by atomic mass is 16.1. The van der Waals surface area contributed by atoms with Crippen LogP contribution in [0.25, 0.3) is 10.9 Å². The Kier molecular flexibility index (Phi) is 3.29. The summed E-state index contributed by atoms with van der Waals surface area (Å²) in [7, 11) is 1.96. The van der Waals surface area contributed by atoms with Crippen molar-refractivity contribution in [3.8, 4) is 0 Å². The number of nitrogens with two attached hydrogens (primary N) is 1. The van der Waals surface area contributed by atoms with E-state index in [9.17, 15) is 4.79 Å². The number of hydrogen-bond acceptors (Lipinski definition) is 2. The van der Waals surface area contributed by atoms with Crippen LogP contribution in [0.5, 0.6) is 0 Å². The number of benzene rings is 1. The van der Waals surface area contributed by atoms with E-state index >= 15 is 0 Å². The van der Waals surface area contributed by atoms with Crippen LogP contribution in [0.2, 0.25) is 0 Å². The number of aryl methyl sites for hydroxylation is 1. The van der Waals surface area contributed by atoms with Gasteiger partial charge in [0.2, 0.25) is 0 Å². The van der Waals surface area contributed by atoms with Gasteiger partial charge in [0.25, 0.3) is 0 Å². The second-order valence-corrected chi connectivity index (χ2v) is 4.61. The largest absolute Gasteiger partial charge is 0.350 e. The maximum Gasteiger partial charge on any atom is 0.165 e. The fraction of sp³-hybridized carbons (Fsp3) is 0.357. The van der Waals surface area contributed by atoms with Gasteiger partial charge in [0.05, 0.1) is 0 Å². The zero-order chi connectivity index (χ0) is 12.4. The average Bonchev–Trinajstić information content (AvgIpc) is 2.65. The first kappa shape index (κ1) is 11.9. The summed E-state index contributed by atoms with van der Waals surface area (Å²) < 4.78 is 1.99. The van der Waals surface area contributed by atoms with Gasteiger partial charge in [-0.3, -0.25) is 4.79 Å². The molecule has 3 heteroatoms. The van der Waals surface area contributed by atoms with E-state index in [2.05, 4.69) is 0 Å². The summed E-state index contributed by atoms with van der Waals surface area (Å²) in [5, 5.41) is 1.03. The summed E-state index contributed by atoms with van der Waals surface area (Å²) in [6, 6.07) is 8.05. The van der Waals surface area contributed by atoms with E-state index in [1.807, 2.05) is 49.0 Å². The van der Waals surface area contributed by atoms with Gasteiger partial charge in [-0.15, -0.1) is 0 Å². The highest BCUT2D eigenvalue weighted by Gasteiger charge is 2.13. The standard InChI is InChI=1S/C14H18N2O/c1-10(15)7-8-14(17)12-9-16(2)13-6-4-3-5-11(12)13/h3-6,9-10H,7-8,15H2,1-2H3. The monoisotopic (exact) mass is 230 g/mol. The number of carbonyl (C=O) groups is 1. The van der Waals surface area contributed by atoms with Crippen molar-refractivity contribution >= 4 is 16.7 Å². The van der Waals surface area contributed by atoms with E-state index in [1.165, 1.54) is 0 Å². The van der Waals surface area contributed by atoms with Crippen molar-refractivity contribution in [2.75, 3.05) is 0 Å². The highest BCUT2D eigenvalue weighted by Crippen LogP contribution is 2.21. The molecule has 0 aliphatic rings. The van der Waals surface area contributed by atoms with Crippen LogP contribution in [0, 0.1) is 0 Å². The van der Waals surface area contributed by atoms with Gasteiger partial charge in [-0.05, 0) is 19.4 Å². The molecule has 1 heterocycles. The molecule has 0 saturated heterocycles. The zero-order valence-corrected chi connectivity index (χ0v) is 10.3. The van der Waals surface area contributed by atoms with E-state index in [4.69, 9.17) is 5.73 Å². The molecule has 1 aromatic heterocycles. The normalized spacial score (nSPS) is 12.9. The lowest BCUT2D eigenvalue weighted by Gasteiger charge is -2.03. The number of carbonyl (C=O) groups excluding carboxylic acids is 1. The number of hydrogen-bond donors (Lipinski definition) is 1. The molecule has 1 aromatic carbocycles. The maximum absolute atomic E-state index is 12.1. The first-order valence-electron chi connectivity index (χ1n) is 5.92. The van der Waals surface area contributed by atoms with E-state index in [-0.39, 0.29) is 11.8 Å². The van der Waals surface area contributed by atoms with E-state index < -0.39 is 0 Å². The molecule has 0 radical (unpaired) electrons. The molecule has 2 aromatic rings. The summed E-state index contributed by atoms with van der Waals surface area (Å²) in [6.45, 7) is 1.93. The summed E-state index contributed by atoms with van der Waals surface area (Å²) >= 11 is 0. The summed E-state index contributed by atoms with van der Waals surface area (Å²) in [5.41, 5.74) is 7.58. The lowest BCUT2D eigenvalue weighted by atomic mass is 10.0. The summed E-state index contributed by atoms with van der Waals surface area (Å²) in [5.74, 6) is 0.180.